The van der Waals surface area contributed by atoms with Gasteiger partial charge in [-0.05, 0) is 25.0 Å². The normalized spacial score (nSPS) is 15.1. The summed E-state index contributed by atoms with van der Waals surface area (Å²) in [5.41, 5.74) is 0.483. The molecule has 1 aliphatic heterocycles. The SMILES string of the molecule is CN(C)C(=O)c1ccccc1OCC(=O)N1CCCCCC1. The third-order valence-electron chi connectivity index (χ3n) is 3.83. The van der Waals surface area contributed by atoms with Gasteiger partial charge in [-0.1, -0.05) is 25.0 Å². The second kappa shape index (κ2) is 7.82. The molecule has 5 heteroatoms. The molecule has 0 aromatic heterocycles. The fraction of sp³-hybridized carbons (Fsp3) is 0.529. The maximum absolute atomic E-state index is 12.2. The van der Waals surface area contributed by atoms with Gasteiger partial charge in [0.1, 0.15) is 5.75 Å². The Balaban J connectivity index is 1.99. The molecule has 120 valence electrons. The minimum Gasteiger partial charge on any atom is -0.483 e. The van der Waals surface area contributed by atoms with Crippen LogP contribution in [0.15, 0.2) is 24.3 Å². The molecule has 0 spiro atoms. The average Bonchev–Trinajstić information content (AvgIpc) is 2.81. The van der Waals surface area contributed by atoms with Crippen molar-refractivity contribution in [2.75, 3.05) is 33.8 Å². The molecule has 0 radical (unpaired) electrons. The summed E-state index contributed by atoms with van der Waals surface area (Å²) < 4.78 is 5.63. The Hall–Kier alpha value is -2.04. The summed E-state index contributed by atoms with van der Waals surface area (Å²) in [6.07, 6.45) is 4.48. The van der Waals surface area contributed by atoms with Gasteiger partial charge in [-0.3, -0.25) is 9.59 Å². The summed E-state index contributed by atoms with van der Waals surface area (Å²) in [7, 11) is 3.39. The number of hydrogen-bond acceptors (Lipinski definition) is 3. The summed E-state index contributed by atoms with van der Waals surface area (Å²) in [5, 5.41) is 0. The lowest BCUT2D eigenvalue weighted by Crippen LogP contribution is -2.35. The molecule has 0 aliphatic carbocycles. The number of ether oxygens (including phenoxy) is 1. The Labute approximate surface area is 131 Å². The van der Waals surface area contributed by atoms with Gasteiger partial charge in [0.2, 0.25) is 0 Å². The van der Waals surface area contributed by atoms with Gasteiger partial charge in [-0.15, -0.1) is 0 Å². The zero-order valence-electron chi connectivity index (χ0n) is 13.4. The number of para-hydroxylation sites is 1. The highest BCUT2D eigenvalue weighted by molar-refractivity contribution is 5.96. The molecule has 0 unspecified atom stereocenters. The molecule has 0 saturated carbocycles. The lowest BCUT2D eigenvalue weighted by atomic mass is 10.2. The van der Waals surface area contributed by atoms with Crippen LogP contribution in [0.2, 0.25) is 0 Å². The average molecular weight is 304 g/mol. The third kappa shape index (κ3) is 4.23. The van der Waals surface area contributed by atoms with Gasteiger partial charge in [-0.2, -0.15) is 0 Å². The number of likely N-dealkylation sites (tertiary alicyclic amines) is 1. The van der Waals surface area contributed by atoms with Crippen LogP contribution in [0.4, 0.5) is 0 Å². The van der Waals surface area contributed by atoms with Gasteiger partial charge < -0.3 is 14.5 Å². The van der Waals surface area contributed by atoms with Crippen LogP contribution in [-0.4, -0.2) is 55.4 Å². The summed E-state index contributed by atoms with van der Waals surface area (Å²) in [5.74, 6) is 0.330. The number of amides is 2. The quantitative estimate of drug-likeness (QED) is 0.856. The highest BCUT2D eigenvalue weighted by Gasteiger charge is 2.18. The predicted octanol–water partition coefficient (Wildman–Crippen LogP) is 2.17. The number of nitrogens with zero attached hydrogens (tertiary/aromatic N) is 2. The first-order valence-corrected chi connectivity index (χ1v) is 7.81. The van der Waals surface area contributed by atoms with E-state index < -0.39 is 0 Å². The molecule has 0 N–H and O–H groups in total. The highest BCUT2D eigenvalue weighted by atomic mass is 16.5. The second-order valence-corrected chi connectivity index (χ2v) is 5.78. The minimum atomic E-state index is -0.127. The number of hydrogen-bond donors (Lipinski definition) is 0. The first-order valence-electron chi connectivity index (χ1n) is 7.81. The fourth-order valence-corrected chi connectivity index (χ4v) is 2.56. The van der Waals surface area contributed by atoms with Crippen molar-refractivity contribution in [3.63, 3.8) is 0 Å². The minimum absolute atomic E-state index is 0.00555. The van der Waals surface area contributed by atoms with Crippen LogP contribution in [0.3, 0.4) is 0 Å². The van der Waals surface area contributed by atoms with Crippen molar-refractivity contribution in [2.45, 2.75) is 25.7 Å². The van der Waals surface area contributed by atoms with E-state index in [4.69, 9.17) is 4.74 Å². The zero-order valence-corrected chi connectivity index (χ0v) is 13.4. The molecule has 0 bridgehead atoms. The number of carbonyl (C=O) groups excluding carboxylic acids is 2. The molecule has 1 saturated heterocycles. The van der Waals surface area contributed by atoms with E-state index in [0.29, 0.717) is 11.3 Å². The van der Waals surface area contributed by atoms with E-state index in [1.807, 2.05) is 4.90 Å². The molecule has 1 aromatic rings. The Morgan fingerprint density at radius 3 is 2.36 bits per heavy atom. The summed E-state index contributed by atoms with van der Waals surface area (Å²) in [6.45, 7) is 1.60. The van der Waals surface area contributed by atoms with E-state index in [-0.39, 0.29) is 18.4 Å². The van der Waals surface area contributed by atoms with Crippen molar-refractivity contribution < 1.29 is 14.3 Å². The Morgan fingerprint density at radius 2 is 1.73 bits per heavy atom. The van der Waals surface area contributed by atoms with Gasteiger partial charge in [0.25, 0.3) is 11.8 Å². The van der Waals surface area contributed by atoms with Crippen LogP contribution in [0.5, 0.6) is 5.75 Å². The highest BCUT2D eigenvalue weighted by Crippen LogP contribution is 2.19. The molecular formula is C17H24N2O3. The van der Waals surface area contributed by atoms with Crippen molar-refractivity contribution in [1.82, 2.24) is 9.80 Å². The van der Waals surface area contributed by atoms with Crippen molar-refractivity contribution in [2.24, 2.45) is 0 Å². The lowest BCUT2D eigenvalue weighted by Gasteiger charge is -2.21. The van der Waals surface area contributed by atoms with Crippen molar-refractivity contribution in [1.29, 1.82) is 0 Å². The predicted molar refractivity (Wildman–Crippen MR) is 85.0 cm³/mol. The van der Waals surface area contributed by atoms with Gasteiger partial charge in [0.05, 0.1) is 5.56 Å². The molecule has 0 atom stereocenters. The van der Waals surface area contributed by atoms with Crippen LogP contribution >= 0.6 is 0 Å². The van der Waals surface area contributed by atoms with Crippen molar-refractivity contribution in [3.05, 3.63) is 29.8 Å². The maximum Gasteiger partial charge on any atom is 0.260 e. The lowest BCUT2D eigenvalue weighted by molar-refractivity contribution is -0.133. The topological polar surface area (TPSA) is 49.9 Å². The Kier molecular flexibility index (Phi) is 5.81. The van der Waals surface area contributed by atoms with Crippen LogP contribution in [0.1, 0.15) is 36.0 Å². The van der Waals surface area contributed by atoms with Crippen molar-refractivity contribution in [3.8, 4) is 5.75 Å². The Bertz CT molecular complexity index is 520. The molecule has 2 rings (SSSR count). The monoisotopic (exact) mass is 304 g/mol. The maximum atomic E-state index is 12.2. The molecule has 1 heterocycles. The van der Waals surface area contributed by atoms with Gasteiger partial charge in [0, 0.05) is 27.2 Å². The number of carbonyl (C=O) groups is 2. The molecule has 1 aliphatic rings. The van der Waals surface area contributed by atoms with Crippen molar-refractivity contribution >= 4 is 11.8 Å². The van der Waals surface area contributed by atoms with Crippen LogP contribution in [-0.2, 0) is 4.79 Å². The Morgan fingerprint density at radius 1 is 1.09 bits per heavy atom. The fourth-order valence-electron chi connectivity index (χ4n) is 2.56. The number of benzene rings is 1. The molecule has 5 nitrogen and oxygen atoms in total. The zero-order chi connectivity index (χ0) is 15.9. The largest absolute Gasteiger partial charge is 0.483 e. The van der Waals surface area contributed by atoms with Gasteiger partial charge >= 0.3 is 0 Å². The second-order valence-electron chi connectivity index (χ2n) is 5.78. The first-order chi connectivity index (χ1) is 10.6. The summed E-state index contributed by atoms with van der Waals surface area (Å²) >= 11 is 0. The van der Waals surface area contributed by atoms with E-state index in [2.05, 4.69) is 0 Å². The van der Waals surface area contributed by atoms with Gasteiger partial charge in [-0.25, -0.2) is 0 Å². The molecule has 1 fully saturated rings. The van der Waals surface area contributed by atoms with E-state index in [0.717, 1.165) is 25.9 Å². The van der Waals surface area contributed by atoms with E-state index in [1.165, 1.54) is 17.7 Å². The molecule has 22 heavy (non-hydrogen) atoms. The summed E-state index contributed by atoms with van der Waals surface area (Å²) in [6, 6.07) is 7.04. The van der Waals surface area contributed by atoms with Crippen LogP contribution in [0, 0.1) is 0 Å². The smallest absolute Gasteiger partial charge is 0.260 e. The third-order valence-corrected chi connectivity index (χ3v) is 3.83. The van der Waals surface area contributed by atoms with Crippen LogP contribution < -0.4 is 4.74 Å². The van der Waals surface area contributed by atoms with E-state index in [9.17, 15) is 9.59 Å². The van der Waals surface area contributed by atoms with E-state index >= 15 is 0 Å². The first kappa shape index (κ1) is 16.3. The van der Waals surface area contributed by atoms with Crippen LogP contribution in [0.25, 0.3) is 0 Å². The number of rotatable bonds is 4. The van der Waals surface area contributed by atoms with Gasteiger partial charge in [0.15, 0.2) is 6.61 Å². The summed E-state index contributed by atoms with van der Waals surface area (Å²) in [4.78, 5) is 27.7. The molecule has 1 aromatic carbocycles. The van der Waals surface area contributed by atoms with E-state index in [1.54, 1.807) is 38.4 Å². The molecule has 2 amide bonds. The molecular weight excluding hydrogens is 280 g/mol. The standard InChI is InChI=1S/C17H24N2O3/c1-18(2)17(21)14-9-5-6-10-15(14)22-13-16(20)19-11-7-3-4-8-12-19/h5-6,9-10H,3-4,7-8,11-13H2,1-2H3.